The Morgan fingerprint density at radius 3 is 2.50 bits per heavy atom. The van der Waals surface area contributed by atoms with Gasteiger partial charge < -0.3 is 25.4 Å². The first-order valence-electron chi connectivity index (χ1n) is 9.84. The molecule has 28 heavy (non-hydrogen) atoms. The minimum absolute atomic E-state index is 0. The van der Waals surface area contributed by atoms with Gasteiger partial charge in [-0.25, -0.2) is 4.99 Å². The number of hydrogen-bond donors (Lipinski definition) is 3. The van der Waals surface area contributed by atoms with Crippen LogP contribution in [0, 0.1) is 6.92 Å². The molecule has 0 saturated heterocycles. The summed E-state index contributed by atoms with van der Waals surface area (Å²) in [4.78, 5) is 4.71. The highest BCUT2D eigenvalue weighted by atomic mass is 127. The molecule has 6 nitrogen and oxygen atoms in total. The second-order valence-corrected chi connectivity index (χ2v) is 7.60. The summed E-state index contributed by atoms with van der Waals surface area (Å²) in [6.45, 7) is 15.1. The van der Waals surface area contributed by atoms with Crippen LogP contribution < -0.4 is 20.7 Å². The maximum atomic E-state index is 5.95. The summed E-state index contributed by atoms with van der Waals surface area (Å²) in [6, 6.07) is 6.26. The van der Waals surface area contributed by atoms with Crippen molar-refractivity contribution in [2.45, 2.75) is 53.1 Å². The van der Waals surface area contributed by atoms with Crippen molar-refractivity contribution in [3.63, 3.8) is 0 Å². The molecule has 1 rings (SSSR count). The van der Waals surface area contributed by atoms with Crippen molar-refractivity contribution < 1.29 is 9.47 Å². The molecule has 0 atom stereocenters. The zero-order chi connectivity index (χ0) is 20.1. The number of hydrogen-bond acceptors (Lipinski definition) is 4. The van der Waals surface area contributed by atoms with E-state index in [4.69, 9.17) is 14.5 Å². The minimum Gasteiger partial charge on any atom is -0.493 e. The Morgan fingerprint density at radius 2 is 1.86 bits per heavy atom. The zero-order valence-corrected chi connectivity index (χ0v) is 20.7. The number of ether oxygens (including phenoxy) is 2. The molecule has 1 aromatic carbocycles. The Balaban J connectivity index is 0.00000729. The van der Waals surface area contributed by atoms with Gasteiger partial charge in [-0.15, -0.1) is 24.0 Å². The van der Waals surface area contributed by atoms with E-state index in [9.17, 15) is 0 Å². The SMILES string of the molecule is CCNC(=NCc1ccc(C)cc1OCCCOC)NCCNC(C)(C)C.I. The molecule has 7 heteroatoms. The summed E-state index contributed by atoms with van der Waals surface area (Å²) < 4.78 is 11.0. The third kappa shape index (κ3) is 12.4. The number of benzene rings is 1. The topological polar surface area (TPSA) is 66.9 Å². The van der Waals surface area contributed by atoms with Crippen LogP contribution in [0.25, 0.3) is 0 Å². The van der Waals surface area contributed by atoms with Crippen molar-refractivity contribution in [3.05, 3.63) is 29.3 Å². The van der Waals surface area contributed by atoms with E-state index in [0.29, 0.717) is 19.8 Å². The van der Waals surface area contributed by atoms with Crippen molar-refractivity contribution in [1.82, 2.24) is 16.0 Å². The molecule has 1 aromatic rings. The lowest BCUT2D eigenvalue weighted by Gasteiger charge is -2.21. The smallest absolute Gasteiger partial charge is 0.191 e. The first-order valence-corrected chi connectivity index (χ1v) is 9.84. The Kier molecular flexibility index (Phi) is 14.3. The zero-order valence-electron chi connectivity index (χ0n) is 18.4. The van der Waals surface area contributed by atoms with Gasteiger partial charge in [0, 0.05) is 50.9 Å². The van der Waals surface area contributed by atoms with Gasteiger partial charge in [-0.1, -0.05) is 12.1 Å². The van der Waals surface area contributed by atoms with Crippen LogP contribution in [0.2, 0.25) is 0 Å². The number of guanidine groups is 1. The molecular formula is C21H39IN4O2. The van der Waals surface area contributed by atoms with Crippen molar-refractivity contribution in [3.8, 4) is 5.75 Å². The molecule has 0 unspecified atom stereocenters. The van der Waals surface area contributed by atoms with Gasteiger partial charge in [0.25, 0.3) is 0 Å². The molecule has 0 heterocycles. The van der Waals surface area contributed by atoms with Crippen LogP contribution in [0.5, 0.6) is 5.75 Å². The van der Waals surface area contributed by atoms with Crippen LogP contribution in [-0.2, 0) is 11.3 Å². The van der Waals surface area contributed by atoms with Crippen LogP contribution in [0.4, 0.5) is 0 Å². The summed E-state index contributed by atoms with van der Waals surface area (Å²) in [5.41, 5.74) is 2.39. The van der Waals surface area contributed by atoms with Crippen LogP contribution in [-0.4, -0.2) is 51.5 Å². The second kappa shape index (κ2) is 14.9. The van der Waals surface area contributed by atoms with Gasteiger partial charge in [0.2, 0.25) is 0 Å². The van der Waals surface area contributed by atoms with Crippen LogP contribution in [0.1, 0.15) is 45.2 Å². The normalized spacial score (nSPS) is 11.7. The van der Waals surface area contributed by atoms with Gasteiger partial charge in [0.15, 0.2) is 5.96 Å². The predicted molar refractivity (Wildman–Crippen MR) is 129 cm³/mol. The third-order valence-electron chi connectivity index (χ3n) is 3.80. The summed E-state index contributed by atoms with van der Waals surface area (Å²) in [6.07, 6.45) is 0.873. The van der Waals surface area contributed by atoms with Crippen molar-refractivity contribution >= 4 is 29.9 Å². The van der Waals surface area contributed by atoms with E-state index in [1.807, 2.05) is 0 Å². The second-order valence-electron chi connectivity index (χ2n) is 7.60. The molecule has 3 N–H and O–H groups in total. The maximum absolute atomic E-state index is 5.95. The van der Waals surface area contributed by atoms with Crippen molar-refractivity contribution in [2.75, 3.05) is 40.0 Å². The molecule has 162 valence electrons. The van der Waals surface area contributed by atoms with Crippen LogP contribution in [0.3, 0.4) is 0 Å². The fourth-order valence-electron chi connectivity index (χ4n) is 2.44. The van der Waals surface area contributed by atoms with Gasteiger partial charge >= 0.3 is 0 Å². The number of rotatable bonds is 11. The third-order valence-corrected chi connectivity index (χ3v) is 3.80. The molecule has 0 radical (unpaired) electrons. The van der Waals surface area contributed by atoms with Crippen molar-refractivity contribution in [2.24, 2.45) is 4.99 Å². The lowest BCUT2D eigenvalue weighted by molar-refractivity contribution is 0.172. The number of aliphatic imine (C=N–C) groups is 1. The highest BCUT2D eigenvalue weighted by Crippen LogP contribution is 2.21. The largest absolute Gasteiger partial charge is 0.493 e. The lowest BCUT2D eigenvalue weighted by atomic mass is 10.1. The molecule has 0 aliphatic rings. The molecule has 0 bridgehead atoms. The van der Waals surface area contributed by atoms with E-state index in [1.54, 1.807) is 7.11 Å². The van der Waals surface area contributed by atoms with E-state index >= 15 is 0 Å². The van der Waals surface area contributed by atoms with E-state index < -0.39 is 0 Å². The number of halogens is 1. The van der Waals surface area contributed by atoms with Gasteiger partial charge in [-0.2, -0.15) is 0 Å². The average molecular weight is 506 g/mol. The van der Waals surface area contributed by atoms with Gasteiger partial charge in [-0.3, -0.25) is 0 Å². The molecule has 0 saturated carbocycles. The average Bonchev–Trinajstić information content (AvgIpc) is 2.60. The maximum Gasteiger partial charge on any atom is 0.191 e. The first-order chi connectivity index (χ1) is 12.9. The number of aryl methyl sites for hydroxylation is 1. The highest BCUT2D eigenvalue weighted by molar-refractivity contribution is 14.0. The lowest BCUT2D eigenvalue weighted by Crippen LogP contribution is -2.44. The molecule has 0 aromatic heterocycles. The van der Waals surface area contributed by atoms with Gasteiger partial charge in [0.1, 0.15) is 5.75 Å². The monoisotopic (exact) mass is 506 g/mol. The standard InChI is InChI=1S/C21H38N4O2.HI/c1-7-22-20(23-11-12-25-21(3,4)5)24-16-18-10-9-17(2)15-19(18)27-14-8-13-26-6;/h9-10,15,25H,7-8,11-14,16H2,1-6H3,(H2,22,23,24);1H. The van der Waals surface area contributed by atoms with E-state index in [2.05, 4.69) is 68.8 Å². The Bertz CT molecular complexity index is 574. The Hall–Kier alpha value is -1.06. The number of nitrogens with one attached hydrogen (secondary N) is 3. The predicted octanol–water partition coefficient (Wildman–Crippen LogP) is 3.47. The number of nitrogens with zero attached hydrogens (tertiary/aromatic N) is 1. The summed E-state index contributed by atoms with van der Waals surface area (Å²) in [5.74, 6) is 1.72. The fraction of sp³-hybridized carbons (Fsp3) is 0.667. The molecule has 0 amide bonds. The molecular weight excluding hydrogens is 467 g/mol. The molecule has 0 aliphatic heterocycles. The van der Waals surface area contributed by atoms with E-state index in [0.717, 1.165) is 43.3 Å². The summed E-state index contributed by atoms with van der Waals surface area (Å²) in [5, 5.41) is 10.1. The van der Waals surface area contributed by atoms with Crippen molar-refractivity contribution in [1.29, 1.82) is 0 Å². The highest BCUT2D eigenvalue weighted by Gasteiger charge is 2.08. The quantitative estimate of drug-likeness (QED) is 0.186. The molecule has 0 aliphatic carbocycles. The summed E-state index contributed by atoms with van der Waals surface area (Å²) >= 11 is 0. The summed E-state index contributed by atoms with van der Waals surface area (Å²) in [7, 11) is 1.71. The van der Waals surface area contributed by atoms with Gasteiger partial charge in [0.05, 0.1) is 13.2 Å². The van der Waals surface area contributed by atoms with E-state index in [1.165, 1.54) is 5.56 Å². The van der Waals surface area contributed by atoms with E-state index in [-0.39, 0.29) is 29.5 Å². The number of methoxy groups -OCH3 is 1. The van der Waals surface area contributed by atoms with Crippen LogP contribution >= 0.6 is 24.0 Å². The Morgan fingerprint density at radius 1 is 1.11 bits per heavy atom. The van der Waals surface area contributed by atoms with Crippen LogP contribution in [0.15, 0.2) is 23.2 Å². The first kappa shape index (κ1) is 26.9. The molecule has 0 fully saturated rings. The van der Waals surface area contributed by atoms with Gasteiger partial charge in [-0.05, 0) is 46.2 Å². The Labute approximate surface area is 188 Å². The molecule has 0 spiro atoms. The fourth-order valence-corrected chi connectivity index (χ4v) is 2.44. The minimum atomic E-state index is 0.